The summed E-state index contributed by atoms with van der Waals surface area (Å²) in [4.78, 5) is 2.64. The van der Waals surface area contributed by atoms with Crippen LogP contribution in [0.1, 0.15) is 59.8 Å². The van der Waals surface area contributed by atoms with Crippen molar-refractivity contribution in [2.75, 3.05) is 14.1 Å². The number of hydrogen-bond acceptors (Lipinski definition) is 2. The summed E-state index contributed by atoms with van der Waals surface area (Å²) in [5, 5.41) is 3.53. The fourth-order valence-electron chi connectivity index (χ4n) is 3.45. The molecule has 0 aromatic rings. The Balaban J connectivity index is 2.75. The van der Waals surface area contributed by atoms with E-state index in [-0.39, 0.29) is 0 Å². The van der Waals surface area contributed by atoms with Gasteiger partial charge in [-0.1, -0.05) is 27.7 Å². The highest BCUT2D eigenvalue weighted by Gasteiger charge is 2.37. The van der Waals surface area contributed by atoms with Crippen molar-refractivity contribution in [1.82, 2.24) is 10.2 Å². The van der Waals surface area contributed by atoms with Gasteiger partial charge < -0.3 is 5.32 Å². The summed E-state index contributed by atoms with van der Waals surface area (Å²) in [6, 6.07) is 2.12. The van der Waals surface area contributed by atoms with Crippen LogP contribution in [0.5, 0.6) is 0 Å². The lowest BCUT2D eigenvalue weighted by Crippen LogP contribution is -2.55. The van der Waals surface area contributed by atoms with Gasteiger partial charge in [-0.05, 0) is 51.6 Å². The Kier molecular flexibility index (Phi) is 5.46. The lowest BCUT2D eigenvalue weighted by molar-refractivity contribution is 0.0545. The maximum atomic E-state index is 3.53. The molecule has 17 heavy (non-hydrogen) atoms. The fraction of sp³-hybridized carbons (Fsp3) is 1.00. The topological polar surface area (TPSA) is 15.3 Å². The Hall–Kier alpha value is -0.0800. The molecule has 0 saturated heterocycles. The molecule has 1 aliphatic carbocycles. The smallest absolute Gasteiger partial charge is 0.0254 e. The van der Waals surface area contributed by atoms with Crippen molar-refractivity contribution in [1.29, 1.82) is 0 Å². The maximum Gasteiger partial charge on any atom is 0.0254 e. The van der Waals surface area contributed by atoms with E-state index in [1.54, 1.807) is 0 Å². The Morgan fingerprint density at radius 1 is 1.29 bits per heavy atom. The molecule has 0 radical (unpaired) electrons. The summed E-state index contributed by atoms with van der Waals surface area (Å²) in [5.41, 5.74) is 0.512. The lowest BCUT2D eigenvalue weighted by Gasteiger charge is -2.47. The zero-order chi connectivity index (χ0) is 13.1. The van der Waals surface area contributed by atoms with Crippen molar-refractivity contribution in [3.8, 4) is 0 Å². The van der Waals surface area contributed by atoms with Gasteiger partial charge in [0.2, 0.25) is 0 Å². The fourth-order valence-corrected chi connectivity index (χ4v) is 3.45. The first-order chi connectivity index (χ1) is 7.95. The van der Waals surface area contributed by atoms with Crippen molar-refractivity contribution < 1.29 is 0 Å². The molecule has 0 heterocycles. The highest BCUT2D eigenvalue weighted by Crippen LogP contribution is 2.37. The van der Waals surface area contributed by atoms with Crippen molar-refractivity contribution in [3.05, 3.63) is 0 Å². The molecular formula is C15H32N2. The molecule has 0 aromatic carbocycles. The van der Waals surface area contributed by atoms with E-state index < -0.39 is 0 Å². The van der Waals surface area contributed by atoms with Crippen LogP contribution in [0.25, 0.3) is 0 Å². The quantitative estimate of drug-likeness (QED) is 0.793. The molecule has 0 amide bonds. The molecule has 1 N–H and O–H groups in total. The van der Waals surface area contributed by atoms with Gasteiger partial charge in [0.15, 0.2) is 0 Å². The van der Waals surface area contributed by atoms with Crippen molar-refractivity contribution >= 4 is 0 Å². The average Bonchev–Trinajstić information content (AvgIpc) is 2.29. The monoisotopic (exact) mass is 240 g/mol. The van der Waals surface area contributed by atoms with Gasteiger partial charge in [0.05, 0.1) is 0 Å². The molecule has 0 aliphatic heterocycles. The minimum Gasteiger partial charge on any atom is -0.315 e. The number of rotatable bonds is 5. The van der Waals surface area contributed by atoms with Crippen LogP contribution >= 0.6 is 0 Å². The third-order valence-electron chi connectivity index (χ3n) is 4.77. The van der Waals surface area contributed by atoms with Crippen LogP contribution in [0.2, 0.25) is 0 Å². The predicted octanol–water partition coefficient (Wildman–Crippen LogP) is 3.27. The predicted molar refractivity (Wildman–Crippen MR) is 76.4 cm³/mol. The van der Waals surface area contributed by atoms with Crippen LogP contribution in [-0.2, 0) is 0 Å². The first-order valence-corrected chi connectivity index (χ1v) is 7.34. The zero-order valence-corrected chi connectivity index (χ0v) is 12.7. The summed E-state index contributed by atoms with van der Waals surface area (Å²) < 4.78 is 0. The maximum absolute atomic E-state index is 3.53. The van der Waals surface area contributed by atoms with Gasteiger partial charge in [-0.25, -0.2) is 0 Å². The van der Waals surface area contributed by atoms with E-state index in [4.69, 9.17) is 0 Å². The molecule has 102 valence electrons. The number of likely N-dealkylation sites (N-methyl/N-ethyl adjacent to an activating group) is 2. The molecule has 2 heteroatoms. The van der Waals surface area contributed by atoms with Crippen LogP contribution in [0.4, 0.5) is 0 Å². The molecule has 1 aliphatic rings. The van der Waals surface area contributed by atoms with Crippen LogP contribution < -0.4 is 5.32 Å². The summed E-state index contributed by atoms with van der Waals surface area (Å²) in [6.07, 6.45) is 6.52. The van der Waals surface area contributed by atoms with Gasteiger partial charge in [0, 0.05) is 18.1 Å². The van der Waals surface area contributed by atoms with Crippen LogP contribution in [0.15, 0.2) is 0 Å². The Morgan fingerprint density at radius 3 is 2.35 bits per heavy atom. The molecule has 0 aromatic heterocycles. The summed E-state index contributed by atoms with van der Waals surface area (Å²) in [6.45, 7) is 9.47. The number of nitrogens with zero attached hydrogens (tertiary/aromatic N) is 1. The SMILES string of the molecule is CCC(CC)N(C)C1CC(C)(C)CCC1NC. The van der Waals surface area contributed by atoms with Gasteiger partial charge >= 0.3 is 0 Å². The van der Waals surface area contributed by atoms with Crippen LogP contribution in [-0.4, -0.2) is 37.1 Å². The first-order valence-electron chi connectivity index (χ1n) is 7.34. The highest BCUT2D eigenvalue weighted by atomic mass is 15.2. The molecule has 2 unspecified atom stereocenters. The Bertz CT molecular complexity index is 221. The third-order valence-corrected chi connectivity index (χ3v) is 4.77. The minimum atomic E-state index is 0.512. The zero-order valence-electron chi connectivity index (χ0n) is 12.7. The van der Waals surface area contributed by atoms with Crippen molar-refractivity contribution in [2.24, 2.45) is 5.41 Å². The second-order valence-corrected chi connectivity index (χ2v) is 6.51. The summed E-state index contributed by atoms with van der Waals surface area (Å²) >= 11 is 0. The number of nitrogens with one attached hydrogen (secondary N) is 1. The largest absolute Gasteiger partial charge is 0.315 e. The average molecular weight is 240 g/mol. The van der Waals surface area contributed by atoms with Crippen LogP contribution in [0.3, 0.4) is 0 Å². The summed E-state index contributed by atoms with van der Waals surface area (Å²) in [5.74, 6) is 0. The van der Waals surface area contributed by atoms with Crippen molar-refractivity contribution in [2.45, 2.75) is 77.9 Å². The minimum absolute atomic E-state index is 0.512. The molecular weight excluding hydrogens is 208 g/mol. The molecule has 1 rings (SSSR count). The van der Waals surface area contributed by atoms with Gasteiger partial charge in [-0.3, -0.25) is 4.90 Å². The van der Waals surface area contributed by atoms with E-state index in [0.717, 1.165) is 6.04 Å². The molecule has 0 bridgehead atoms. The second kappa shape index (κ2) is 6.19. The first kappa shape index (κ1) is 15.0. The van der Waals surface area contributed by atoms with Gasteiger partial charge in [-0.15, -0.1) is 0 Å². The highest BCUT2D eigenvalue weighted by molar-refractivity contribution is 4.94. The van der Waals surface area contributed by atoms with Gasteiger partial charge in [0.25, 0.3) is 0 Å². The van der Waals surface area contributed by atoms with E-state index in [1.807, 2.05) is 0 Å². The van der Waals surface area contributed by atoms with E-state index in [2.05, 4.69) is 52.0 Å². The molecule has 1 saturated carbocycles. The molecule has 2 nitrogen and oxygen atoms in total. The van der Waals surface area contributed by atoms with E-state index >= 15 is 0 Å². The molecule has 0 spiro atoms. The molecule has 1 fully saturated rings. The summed E-state index contributed by atoms with van der Waals surface area (Å²) in [7, 11) is 4.45. The standard InChI is InChI=1S/C15H32N2/c1-7-12(8-2)17(6)14-11-15(3,4)10-9-13(14)16-5/h12-14,16H,7-11H2,1-6H3. The van der Waals surface area contributed by atoms with Crippen LogP contribution in [0, 0.1) is 5.41 Å². The second-order valence-electron chi connectivity index (χ2n) is 6.51. The Morgan fingerprint density at radius 2 is 1.88 bits per heavy atom. The normalized spacial score (nSPS) is 28.9. The number of hydrogen-bond donors (Lipinski definition) is 1. The molecule has 2 atom stereocenters. The van der Waals surface area contributed by atoms with Crippen molar-refractivity contribution in [3.63, 3.8) is 0 Å². The van der Waals surface area contributed by atoms with Gasteiger partial charge in [-0.2, -0.15) is 0 Å². The van der Waals surface area contributed by atoms with E-state index in [0.29, 0.717) is 17.5 Å². The van der Waals surface area contributed by atoms with E-state index in [1.165, 1.54) is 32.1 Å². The Labute approximate surface area is 108 Å². The van der Waals surface area contributed by atoms with E-state index in [9.17, 15) is 0 Å². The third kappa shape index (κ3) is 3.69. The van der Waals surface area contributed by atoms with Gasteiger partial charge in [0.1, 0.15) is 0 Å². The lowest BCUT2D eigenvalue weighted by atomic mass is 9.72.